The van der Waals surface area contributed by atoms with Gasteiger partial charge in [-0.05, 0) is 36.9 Å². The molecule has 1 aromatic carbocycles. The number of carbonyl (C=O) groups is 1. The Labute approximate surface area is 192 Å². The largest absolute Gasteiger partial charge is 0.492 e. The van der Waals surface area contributed by atoms with E-state index in [9.17, 15) is 9.59 Å². The first kappa shape index (κ1) is 24.1. The van der Waals surface area contributed by atoms with E-state index in [1.54, 1.807) is 25.2 Å². The molecule has 2 aromatic rings. The van der Waals surface area contributed by atoms with Crippen LogP contribution in [-0.2, 0) is 16.6 Å². The van der Waals surface area contributed by atoms with E-state index < -0.39 is 5.91 Å². The van der Waals surface area contributed by atoms with E-state index >= 15 is 0 Å². The van der Waals surface area contributed by atoms with Crippen molar-refractivity contribution in [3.05, 3.63) is 52.6 Å². The minimum absolute atomic E-state index is 0.161. The Kier molecular flexibility index (Phi) is 8.34. The van der Waals surface area contributed by atoms with Gasteiger partial charge in [-0.15, -0.1) is 0 Å². The molecule has 33 heavy (non-hydrogen) atoms. The number of benzene rings is 1. The smallest absolute Gasteiger partial charge is 0.259 e. The number of methoxy groups -OCH3 is 1. The number of fused-ring (bicyclic) bond motifs is 1. The maximum absolute atomic E-state index is 12.9. The first-order valence-corrected chi connectivity index (χ1v) is 10.7. The number of rotatable bonds is 9. The van der Waals surface area contributed by atoms with E-state index in [1.165, 1.54) is 24.0 Å². The van der Waals surface area contributed by atoms with Gasteiger partial charge in [0, 0.05) is 38.3 Å². The lowest BCUT2D eigenvalue weighted by atomic mass is 10.1. The normalized spacial score (nSPS) is 15.2. The summed E-state index contributed by atoms with van der Waals surface area (Å²) < 4.78 is 18.3. The highest BCUT2D eigenvalue weighted by molar-refractivity contribution is 6.06. The molecule has 178 valence electrons. The summed E-state index contributed by atoms with van der Waals surface area (Å²) in [7, 11) is 3.09. The summed E-state index contributed by atoms with van der Waals surface area (Å²) >= 11 is 0. The minimum Gasteiger partial charge on any atom is -0.492 e. The number of aromatic nitrogens is 1. The average Bonchev–Trinajstić information content (AvgIpc) is 2.83. The van der Waals surface area contributed by atoms with Crippen molar-refractivity contribution in [1.29, 1.82) is 0 Å². The zero-order valence-electron chi connectivity index (χ0n) is 19.0. The molecule has 1 aromatic heterocycles. The zero-order valence-corrected chi connectivity index (χ0v) is 19.0. The molecule has 1 amide bonds. The molecule has 0 spiro atoms. The van der Waals surface area contributed by atoms with Crippen LogP contribution in [0, 0.1) is 0 Å². The molecule has 1 fully saturated rings. The molecule has 0 aliphatic carbocycles. The van der Waals surface area contributed by atoms with Gasteiger partial charge in [0.1, 0.15) is 5.82 Å². The Morgan fingerprint density at radius 2 is 2.00 bits per heavy atom. The molecule has 0 bridgehead atoms. The van der Waals surface area contributed by atoms with Gasteiger partial charge in [-0.3, -0.25) is 19.1 Å². The lowest BCUT2D eigenvalue weighted by Crippen LogP contribution is -2.37. The lowest BCUT2D eigenvalue weighted by Gasteiger charge is -2.26. The summed E-state index contributed by atoms with van der Waals surface area (Å²) in [5, 5.41) is 3.68. The van der Waals surface area contributed by atoms with Crippen LogP contribution in [0.4, 0.5) is 5.82 Å². The van der Waals surface area contributed by atoms with Gasteiger partial charge in [-0.2, -0.15) is 0 Å². The Balaban J connectivity index is 1.83. The van der Waals surface area contributed by atoms with Crippen LogP contribution in [0.2, 0.25) is 0 Å². The number of ether oxygens (including phenoxy) is 3. The molecule has 3 rings (SSSR count). The van der Waals surface area contributed by atoms with Crippen molar-refractivity contribution >= 4 is 22.5 Å². The van der Waals surface area contributed by atoms with Crippen molar-refractivity contribution in [1.82, 2.24) is 9.47 Å². The van der Waals surface area contributed by atoms with Crippen LogP contribution in [0.3, 0.4) is 0 Å². The number of nitrogens with one attached hydrogen (secondary N) is 1. The first-order valence-electron chi connectivity index (χ1n) is 10.7. The highest BCUT2D eigenvalue weighted by Gasteiger charge is 2.17. The van der Waals surface area contributed by atoms with Gasteiger partial charge in [0.2, 0.25) is 0 Å². The maximum atomic E-state index is 12.9. The van der Waals surface area contributed by atoms with Gasteiger partial charge in [0.25, 0.3) is 11.5 Å². The maximum Gasteiger partial charge on any atom is 0.259 e. The lowest BCUT2D eigenvalue weighted by molar-refractivity contribution is -0.112. The van der Waals surface area contributed by atoms with E-state index in [0.717, 1.165) is 45.5 Å². The van der Waals surface area contributed by atoms with Crippen LogP contribution in [0.1, 0.15) is 6.42 Å². The SMILES string of the molecule is COc1c(OCCCN2CCOCC2)ccc2c(=O)n(C)c(NC(=O)C(/C=C\N)=C/N)cc12. The van der Waals surface area contributed by atoms with Gasteiger partial charge in [-0.25, -0.2) is 0 Å². The van der Waals surface area contributed by atoms with Crippen LogP contribution in [0.15, 0.2) is 47.0 Å². The third-order valence-corrected chi connectivity index (χ3v) is 5.48. The van der Waals surface area contributed by atoms with E-state index in [1.807, 2.05) is 0 Å². The van der Waals surface area contributed by atoms with Crippen LogP contribution in [0.25, 0.3) is 10.8 Å². The number of hydrogen-bond donors (Lipinski definition) is 3. The second-order valence-electron chi connectivity index (χ2n) is 7.54. The highest BCUT2D eigenvalue weighted by atomic mass is 16.5. The molecule has 1 aliphatic rings. The Hall–Kier alpha value is -3.50. The van der Waals surface area contributed by atoms with Crippen molar-refractivity contribution in [3.8, 4) is 11.5 Å². The zero-order chi connectivity index (χ0) is 23.8. The van der Waals surface area contributed by atoms with Gasteiger partial charge in [-0.1, -0.05) is 0 Å². The second-order valence-corrected chi connectivity index (χ2v) is 7.54. The molecule has 5 N–H and O–H groups in total. The minimum atomic E-state index is -0.497. The number of nitrogens with two attached hydrogens (primary N) is 2. The predicted octanol–water partition coefficient (Wildman–Crippen LogP) is 0.902. The molecule has 10 nitrogen and oxygen atoms in total. The summed E-state index contributed by atoms with van der Waals surface area (Å²) in [6.07, 6.45) is 4.57. The predicted molar refractivity (Wildman–Crippen MR) is 127 cm³/mol. The molecule has 0 atom stereocenters. The third-order valence-electron chi connectivity index (χ3n) is 5.48. The molecule has 1 saturated heterocycles. The molecule has 2 heterocycles. The Morgan fingerprint density at radius 3 is 2.67 bits per heavy atom. The molecular weight excluding hydrogens is 426 g/mol. The summed E-state index contributed by atoms with van der Waals surface area (Å²) in [4.78, 5) is 27.8. The fourth-order valence-corrected chi connectivity index (χ4v) is 3.67. The topological polar surface area (TPSA) is 134 Å². The van der Waals surface area contributed by atoms with Gasteiger partial charge >= 0.3 is 0 Å². The third kappa shape index (κ3) is 5.65. The summed E-state index contributed by atoms with van der Waals surface area (Å²) in [6, 6.07) is 5.11. The van der Waals surface area contributed by atoms with E-state index in [2.05, 4.69) is 10.2 Å². The summed E-state index contributed by atoms with van der Waals surface area (Å²) in [6.45, 7) is 4.81. The summed E-state index contributed by atoms with van der Waals surface area (Å²) in [5.74, 6) is 0.753. The Bertz CT molecular complexity index is 1100. The fourth-order valence-electron chi connectivity index (χ4n) is 3.67. The number of hydrogen-bond acceptors (Lipinski definition) is 8. The van der Waals surface area contributed by atoms with Crippen molar-refractivity contribution in [2.45, 2.75) is 6.42 Å². The van der Waals surface area contributed by atoms with Crippen molar-refractivity contribution in [2.75, 3.05) is 51.9 Å². The van der Waals surface area contributed by atoms with Gasteiger partial charge in [0.05, 0.1) is 37.9 Å². The van der Waals surface area contributed by atoms with Crippen LogP contribution in [0.5, 0.6) is 11.5 Å². The number of nitrogens with zero attached hydrogens (tertiary/aromatic N) is 2. The summed E-state index contributed by atoms with van der Waals surface area (Å²) in [5.41, 5.74) is 10.7. The van der Waals surface area contributed by atoms with Crippen molar-refractivity contribution in [2.24, 2.45) is 18.5 Å². The van der Waals surface area contributed by atoms with Gasteiger partial charge in [0.15, 0.2) is 11.5 Å². The monoisotopic (exact) mass is 457 g/mol. The van der Waals surface area contributed by atoms with Crippen LogP contribution >= 0.6 is 0 Å². The molecular formula is C23H31N5O5. The van der Waals surface area contributed by atoms with Crippen molar-refractivity contribution in [3.63, 3.8) is 0 Å². The van der Waals surface area contributed by atoms with Crippen molar-refractivity contribution < 1.29 is 19.0 Å². The van der Waals surface area contributed by atoms with Crippen LogP contribution in [-0.4, -0.2) is 61.9 Å². The molecule has 0 radical (unpaired) electrons. The van der Waals surface area contributed by atoms with Crippen LogP contribution < -0.4 is 31.8 Å². The fraction of sp³-hybridized carbons (Fsp3) is 0.391. The van der Waals surface area contributed by atoms with E-state index in [0.29, 0.717) is 28.9 Å². The number of amides is 1. The molecule has 1 aliphatic heterocycles. The molecule has 10 heteroatoms. The number of morpholine rings is 1. The second kappa shape index (κ2) is 11.4. The van der Waals surface area contributed by atoms with Gasteiger partial charge < -0.3 is 31.0 Å². The first-order chi connectivity index (χ1) is 16.0. The number of anilines is 1. The molecule has 0 unspecified atom stereocenters. The highest BCUT2D eigenvalue weighted by Crippen LogP contribution is 2.35. The average molecular weight is 458 g/mol. The van der Waals surface area contributed by atoms with E-state index in [-0.39, 0.29) is 17.0 Å². The quantitative estimate of drug-likeness (QED) is 0.287. The Morgan fingerprint density at radius 1 is 1.24 bits per heavy atom. The van der Waals surface area contributed by atoms with E-state index in [4.69, 9.17) is 25.7 Å². The number of carbonyl (C=O) groups excluding carboxylic acids is 1. The number of pyridine rings is 1. The molecule has 0 saturated carbocycles. The standard InChI is InChI=1S/C23H31N5O5/c1-27-20(26-22(29)16(15-25)6-7-24)14-18-17(23(27)30)4-5-19(21(18)31-2)33-11-3-8-28-9-12-32-13-10-28/h4-7,14-15H,3,8-13,24-25H2,1-2H3,(H,26,29)/b7-6-,16-15+.